The number of hydrogen-bond donors (Lipinski definition) is 1. The SMILES string of the molecule is C.CC(C)(C)OC(=O)c1ccc(F)cc1.F[C@H]1CCNC1. The molecule has 0 aliphatic carbocycles. The highest BCUT2D eigenvalue weighted by molar-refractivity contribution is 5.89. The molecule has 0 amide bonds. The second-order valence-electron chi connectivity index (χ2n) is 5.60. The van der Waals surface area contributed by atoms with Gasteiger partial charge in [0.2, 0.25) is 0 Å². The van der Waals surface area contributed by atoms with Gasteiger partial charge in [0.05, 0.1) is 5.56 Å². The standard InChI is InChI=1S/C11H13FO2.C4H8FN.CH4/c1-11(2,3)14-10(13)8-4-6-9(12)7-5-8;5-4-1-2-6-3-4;/h4-7H,1-3H3;4,6H,1-3H2;1H4/t;4-;/m.0./s1. The molecule has 0 aromatic heterocycles. The van der Waals surface area contributed by atoms with E-state index in [0.717, 1.165) is 6.54 Å². The zero-order valence-corrected chi connectivity index (χ0v) is 12.1. The first-order valence-corrected chi connectivity index (χ1v) is 6.61. The van der Waals surface area contributed by atoms with Crippen molar-refractivity contribution in [1.29, 1.82) is 0 Å². The summed E-state index contributed by atoms with van der Waals surface area (Å²) in [5, 5.41) is 2.90. The van der Waals surface area contributed by atoms with Crippen molar-refractivity contribution in [1.82, 2.24) is 5.32 Å². The Morgan fingerprint density at radius 3 is 2.19 bits per heavy atom. The van der Waals surface area contributed by atoms with Crippen molar-refractivity contribution >= 4 is 5.97 Å². The van der Waals surface area contributed by atoms with E-state index in [1.54, 1.807) is 20.8 Å². The second kappa shape index (κ2) is 8.72. The Balaban J connectivity index is 0.000000480. The van der Waals surface area contributed by atoms with Gasteiger partial charge in [-0.25, -0.2) is 13.6 Å². The van der Waals surface area contributed by atoms with Crippen LogP contribution >= 0.6 is 0 Å². The first-order valence-electron chi connectivity index (χ1n) is 6.61. The van der Waals surface area contributed by atoms with Gasteiger partial charge in [0.25, 0.3) is 0 Å². The van der Waals surface area contributed by atoms with Crippen molar-refractivity contribution in [3.8, 4) is 0 Å². The predicted molar refractivity (Wildman–Crippen MR) is 80.7 cm³/mol. The quantitative estimate of drug-likeness (QED) is 0.803. The summed E-state index contributed by atoms with van der Waals surface area (Å²) in [6.45, 7) is 6.79. The average Bonchev–Trinajstić information content (AvgIpc) is 2.79. The minimum absolute atomic E-state index is 0. The number of ether oxygens (including phenoxy) is 1. The highest BCUT2D eigenvalue weighted by Crippen LogP contribution is 2.12. The summed E-state index contributed by atoms with van der Waals surface area (Å²) < 4.78 is 29.5. The van der Waals surface area contributed by atoms with Crippen molar-refractivity contribution in [2.24, 2.45) is 0 Å². The van der Waals surface area contributed by atoms with Gasteiger partial charge in [-0.05, 0) is 58.0 Å². The smallest absolute Gasteiger partial charge is 0.338 e. The molecule has 3 nitrogen and oxygen atoms in total. The third kappa shape index (κ3) is 8.40. The Bertz CT molecular complexity index is 421. The molecule has 0 saturated carbocycles. The number of benzene rings is 1. The average molecular weight is 301 g/mol. The molecule has 1 atom stereocenters. The maximum atomic E-state index is 12.5. The molecule has 5 heteroatoms. The van der Waals surface area contributed by atoms with E-state index in [1.807, 2.05) is 0 Å². The molecule has 120 valence electrons. The van der Waals surface area contributed by atoms with Crippen molar-refractivity contribution in [3.05, 3.63) is 35.6 Å². The molecule has 0 bridgehead atoms. The normalized spacial score (nSPS) is 17.3. The lowest BCUT2D eigenvalue weighted by molar-refractivity contribution is 0.00695. The van der Waals surface area contributed by atoms with Gasteiger partial charge in [-0.15, -0.1) is 0 Å². The van der Waals surface area contributed by atoms with E-state index in [1.165, 1.54) is 24.3 Å². The molecule has 1 aromatic carbocycles. The van der Waals surface area contributed by atoms with Crippen LogP contribution in [-0.4, -0.2) is 30.8 Å². The molecule has 1 aromatic rings. The van der Waals surface area contributed by atoms with Crippen LogP contribution in [0.15, 0.2) is 24.3 Å². The van der Waals surface area contributed by atoms with Crippen LogP contribution in [0.4, 0.5) is 8.78 Å². The summed E-state index contributed by atoms with van der Waals surface area (Å²) in [6.07, 6.45) is 0.144. The maximum Gasteiger partial charge on any atom is 0.338 e. The van der Waals surface area contributed by atoms with Crippen molar-refractivity contribution in [2.45, 2.75) is 46.4 Å². The molecular weight excluding hydrogens is 276 g/mol. The van der Waals surface area contributed by atoms with Gasteiger partial charge in [-0.2, -0.15) is 0 Å². The van der Waals surface area contributed by atoms with Crippen molar-refractivity contribution in [3.63, 3.8) is 0 Å². The number of carbonyl (C=O) groups excluding carboxylic acids is 1. The summed E-state index contributed by atoms with van der Waals surface area (Å²) in [5.74, 6) is -0.796. The van der Waals surface area contributed by atoms with Gasteiger partial charge >= 0.3 is 5.97 Å². The monoisotopic (exact) mass is 301 g/mol. The van der Waals surface area contributed by atoms with E-state index >= 15 is 0 Å². The number of carbonyl (C=O) groups is 1. The Morgan fingerprint density at radius 1 is 1.29 bits per heavy atom. The Labute approximate surface area is 125 Å². The number of alkyl halides is 1. The maximum absolute atomic E-state index is 12.5. The minimum Gasteiger partial charge on any atom is -0.456 e. The number of rotatable bonds is 1. The largest absolute Gasteiger partial charge is 0.456 e. The zero-order chi connectivity index (χ0) is 15.2. The molecule has 0 unspecified atom stereocenters. The van der Waals surface area contributed by atoms with Gasteiger partial charge in [0.1, 0.15) is 17.6 Å². The van der Waals surface area contributed by atoms with Gasteiger partial charge in [0.15, 0.2) is 0 Å². The molecule has 0 radical (unpaired) electrons. The summed E-state index contributed by atoms with van der Waals surface area (Å²) in [4.78, 5) is 11.4. The Kier molecular flexibility index (Phi) is 8.10. The van der Waals surface area contributed by atoms with E-state index in [4.69, 9.17) is 4.74 Å². The highest BCUT2D eigenvalue weighted by atomic mass is 19.1. The molecule has 1 heterocycles. The fraction of sp³-hybridized carbons (Fsp3) is 0.562. The third-order valence-electron chi connectivity index (χ3n) is 2.48. The molecule has 1 aliphatic heterocycles. The number of nitrogens with one attached hydrogen (secondary N) is 1. The van der Waals surface area contributed by atoms with Crippen molar-refractivity contribution < 1.29 is 18.3 Å². The van der Waals surface area contributed by atoms with Crippen LogP contribution in [0.1, 0.15) is 45.0 Å². The number of esters is 1. The van der Waals surface area contributed by atoms with E-state index in [0.29, 0.717) is 18.5 Å². The Morgan fingerprint density at radius 2 is 1.86 bits per heavy atom. The van der Waals surface area contributed by atoms with E-state index in [-0.39, 0.29) is 13.2 Å². The summed E-state index contributed by atoms with van der Waals surface area (Å²) in [6, 6.07) is 5.28. The van der Waals surface area contributed by atoms with Crippen LogP contribution in [0.25, 0.3) is 0 Å². The minimum atomic E-state index is -0.565. The fourth-order valence-corrected chi connectivity index (χ4v) is 1.54. The first kappa shape index (κ1) is 19.5. The van der Waals surface area contributed by atoms with Crippen LogP contribution in [0.3, 0.4) is 0 Å². The van der Waals surface area contributed by atoms with E-state index in [9.17, 15) is 13.6 Å². The molecule has 1 fully saturated rings. The summed E-state index contributed by atoms with van der Waals surface area (Å²) in [7, 11) is 0. The van der Waals surface area contributed by atoms with E-state index < -0.39 is 17.7 Å². The Hall–Kier alpha value is -1.49. The molecule has 0 spiro atoms. The van der Waals surface area contributed by atoms with Crippen LogP contribution in [0.5, 0.6) is 0 Å². The number of hydrogen-bond acceptors (Lipinski definition) is 3. The van der Waals surface area contributed by atoms with Gasteiger partial charge in [-0.1, -0.05) is 7.43 Å². The lowest BCUT2D eigenvalue weighted by atomic mass is 10.1. The lowest BCUT2D eigenvalue weighted by Gasteiger charge is -2.19. The summed E-state index contributed by atoms with van der Waals surface area (Å²) >= 11 is 0. The van der Waals surface area contributed by atoms with Gasteiger partial charge in [-0.3, -0.25) is 0 Å². The van der Waals surface area contributed by atoms with Crippen LogP contribution in [0.2, 0.25) is 0 Å². The fourth-order valence-electron chi connectivity index (χ4n) is 1.54. The molecule has 2 rings (SSSR count). The van der Waals surface area contributed by atoms with Gasteiger partial charge < -0.3 is 10.1 Å². The zero-order valence-electron chi connectivity index (χ0n) is 12.1. The molecular formula is C16H25F2NO2. The predicted octanol–water partition coefficient (Wildman–Crippen LogP) is 3.73. The topological polar surface area (TPSA) is 38.3 Å². The second-order valence-corrected chi connectivity index (χ2v) is 5.60. The molecule has 1 aliphatic rings. The highest BCUT2D eigenvalue weighted by Gasteiger charge is 2.17. The summed E-state index contributed by atoms with van der Waals surface area (Å²) in [5.41, 5.74) is -0.160. The lowest BCUT2D eigenvalue weighted by Crippen LogP contribution is -2.23. The molecule has 1 saturated heterocycles. The molecule has 1 N–H and O–H groups in total. The van der Waals surface area contributed by atoms with Crippen molar-refractivity contribution in [2.75, 3.05) is 13.1 Å². The van der Waals surface area contributed by atoms with Crippen LogP contribution in [0, 0.1) is 5.82 Å². The van der Waals surface area contributed by atoms with E-state index in [2.05, 4.69) is 5.32 Å². The number of halogens is 2. The third-order valence-corrected chi connectivity index (χ3v) is 2.48. The van der Waals surface area contributed by atoms with Crippen LogP contribution in [-0.2, 0) is 4.74 Å². The van der Waals surface area contributed by atoms with Crippen LogP contribution < -0.4 is 5.32 Å². The first-order chi connectivity index (χ1) is 9.28. The van der Waals surface area contributed by atoms with Gasteiger partial charge in [0, 0.05) is 6.54 Å². The molecule has 21 heavy (non-hydrogen) atoms.